The van der Waals surface area contributed by atoms with Gasteiger partial charge < -0.3 is 16.0 Å². The molecule has 1 saturated carbocycles. The highest BCUT2D eigenvalue weighted by Crippen LogP contribution is 2.36. The van der Waals surface area contributed by atoms with Crippen molar-refractivity contribution in [3.63, 3.8) is 0 Å². The van der Waals surface area contributed by atoms with Gasteiger partial charge in [-0.25, -0.2) is 0 Å². The zero-order chi connectivity index (χ0) is 40.5. The normalized spacial score (nSPS) is 17.5. The van der Waals surface area contributed by atoms with Crippen LogP contribution in [-0.4, -0.2) is 51.6 Å². The molecule has 0 heterocycles. The molecule has 0 amide bonds. The summed E-state index contributed by atoms with van der Waals surface area (Å²) in [5.41, 5.74) is -0.977. The first kappa shape index (κ1) is 51.0. The van der Waals surface area contributed by atoms with Crippen molar-refractivity contribution in [2.75, 3.05) is 0 Å². The van der Waals surface area contributed by atoms with Crippen LogP contribution in [0.5, 0.6) is 0 Å². The Morgan fingerprint density at radius 3 is 1.16 bits per heavy atom. The van der Waals surface area contributed by atoms with Crippen molar-refractivity contribution in [3.05, 3.63) is 0 Å². The second-order valence-corrected chi connectivity index (χ2v) is 23.1. The number of rotatable bonds is 9. The monoisotopic (exact) mass is 708 g/mol. The van der Waals surface area contributed by atoms with Crippen molar-refractivity contribution in [2.45, 2.75) is 238 Å². The summed E-state index contributed by atoms with van der Waals surface area (Å²) in [5, 5.41) is 10.5. The highest BCUT2D eigenvalue weighted by atomic mass is 16.1. The van der Waals surface area contributed by atoms with E-state index in [-0.39, 0.29) is 55.9 Å². The maximum absolute atomic E-state index is 12.8. The van der Waals surface area contributed by atoms with Gasteiger partial charge in [0.15, 0.2) is 17.3 Å². The van der Waals surface area contributed by atoms with Gasteiger partial charge in [-0.3, -0.25) is 14.4 Å². The molecule has 0 spiro atoms. The van der Waals surface area contributed by atoms with Gasteiger partial charge in [0, 0.05) is 32.9 Å². The highest BCUT2D eigenvalue weighted by Gasteiger charge is 2.45. The van der Waals surface area contributed by atoms with Gasteiger partial charge in [0.1, 0.15) is 0 Å². The van der Waals surface area contributed by atoms with Crippen LogP contribution >= 0.6 is 0 Å². The number of carbonyl (C=O) groups is 3. The Balaban J connectivity index is 0. The molecule has 0 radical (unpaired) electrons. The largest absolute Gasteiger partial charge is 0.303 e. The lowest BCUT2D eigenvalue weighted by molar-refractivity contribution is -0.135. The molecule has 1 fully saturated rings. The molecule has 0 aromatic heterocycles. The predicted octanol–water partition coefficient (Wildman–Crippen LogP) is 10.9. The number of hydrogen-bond donors (Lipinski definition) is 3. The molecule has 2 atom stereocenters. The molecule has 0 aromatic rings. The lowest BCUT2D eigenvalue weighted by Crippen LogP contribution is -2.62. The van der Waals surface area contributed by atoms with Crippen LogP contribution < -0.4 is 16.0 Å². The van der Waals surface area contributed by atoms with Crippen LogP contribution in [0.2, 0.25) is 0 Å². The van der Waals surface area contributed by atoms with Gasteiger partial charge in [-0.1, -0.05) is 116 Å². The molecule has 1 aliphatic carbocycles. The van der Waals surface area contributed by atoms with Crippen molar-refractivity contribution in [3.8, 4) is 0 Å². The summed E-state index contributed by atoms with van der Waals surface area (Å²) in [5.74, 6) is 1.55. The molecular formula is C44H89N3O3. The number of Topliss-reactive ketones (excluding diaryl/α,β-unsaturated/α-hetero) is 3. The number of hydrogen-bond acceptors (Lipinski definition) is 6. The van der Waals surface area contributed by atoms with Gasteiger partial charge in [0.05, 0.1) is 17.6 Å². The summed E-state index contributed by atoms with van der Waals surface area (Å²) >= 11 is 0. The molecule has 50 heavy (non-hydrogen) atoms. The molecule has 298 valence electrons. The third-order valence-electron chi connectivity index (χ3n) is 8.29. The highest BCUT2D eigenvalue weighted by molar-refractivity contribution is 5.93. The fourth-order valence-corrected chi connectivity index (χ4v) is 6.62. The van der Waals surface area contributed by atoms with E-state index in [1.165, 1.54) is 19.3 Å². The van der Waals surface area contributed by atoms with E-state index < -0.39 is 0 Å². The van der Waals surface area contributed by atoms with Crippen molar-refractivity contribution >= 4 is 17.3 Å². The quantitative estimate of drug-likeness (QED) is 0.221. The van der Waals surface area contributed by atoms with Crippen molar-refractivity contribution in [1.29, 1.82) is 0 Å². The van der Waals surface area contributed by atoms with Gasteiger partial charge in [-0.05, 0) is 99.3 Å². The van der Waals surface area contributed by atoms with E-state index in [0.29, 0.717) is 23.3 Å². The Labute approximate surface area is 313 Å². The number of ketones is 3. The minimum atomic E-state index is -0.284. The topological polar surface area (TPSA) is 87.3 Å². The minimum Gasteiger partial charge on any atom is -0.303 e. The van der Waals surface area contributed by atoms with Gasteiger partial charge in [-0.2, -0.15) is 0 Å². The van der Waals surface area contributed by atoms with Gasteiger partial charge in [0.2, 0.25) is 0 Å². The van der Waals surface area contributed by atoms with Crippen LogP contribution in [0.3, 0.4) is 0 Å². The average Bonchev–Trinajstić information content (AvgIpc) is 2.82. The summed E-state index contributed by atoms with van der Waals surface area (Å²) in [4.78, 5) is 37.5. The van der Waals surface area contributed by atoms with Crippen LogP contribution in [0.1, 0.15) is 204 Å². The van der Waals surface area contributed by atoms with Crippen molar-refractivity contribution < 1.29 is 14.4 Å². The number of carbonyl (C=O) groups excluding carboxylic acids is 3. The summed E-state index contributed by atoms with van der Waals surface area (Å²) in [6, 6.07) is -0.0880. The SMILES string of the molecule is CC(C)(C)C[C@H](NC(C)(C)C)C(=O)C(C)(C)C.CC(C)(C)NC1(C(=O)C(C)(C)C)CCCCC1.CC(C)C[C@H](NC(C)(C)C)C(=O)C(C)(C)C. The predicted molar refractivity (Wildman–Crippen MR) is 219 cm³/mol. The third kappa shape index (κ3) is 22.7. The van der Waals surface area contributed by atoms with E-state index in [1.807, 2.05) is 62.3 Å². The first-order chi connectivity index (χ1) is 21.7. The summed E-state index contributed by atoms with van der Waals surface area (Å²) < 4.78 is 0. The Morgan fingerprint density at radius 2 is 0.880 bits per heavy atom. The molecule has 1 rings (SSSR count). The summed E-state index contributed by atoms with van der Waals surface area (Å²) in [7, 11) is 0. The molecule has 3 N–H and O–H groups in total. The van der Waals surface area contributed by atoms with E-state index >= 15 is 0 Å². The molecule has 0 aromatic carbocycles. The smallest absolute Gasteiger partial charge is 0.158 e. The van der Waals surface area contributed by atoms with E-state index in [0.717, 1.165) is 25.7 Å². The fourth-order valence-electron chi connectivity index (χ4n) is 6.62. The molecule has 0 unspecified atom stereocenters. The standard InChI is InChI=1S/C15H29NO.C15H31NO.C14H29NO/c1-13(2,3)12(17)15(16-14(4,5)6)10-8-7-9-11-15;1-13(2,3)10-11(16-15(7,8)9)12(17)14(4,5)6;1-10(2)9-11(15-14(6,7)8)12(16)13(3,4)5/h16H,7-11H2,1-6H3;11,16H,10H2,1-9H3;10-11,15H,9H2,1-8H3/t;2*11-/m.00/s1. The molecule has 6 heteroatoms. The van der Waals surface area contributed by atoms with Crippen LogP contribution in [0.15, 0.2) is 0 Å². The van der Waals surface area contributed by atoms with Crippen molar-refractivity contribution in [1.82, 2.24) is 16.0 Å². The van der Waals surface area contributed by atoms with E-state index in [2.05, 4.69) is 113 Å². The second kappa shape index (κ2) is 18.8. The van der Waals surface area contributed by atoms with Gasteiger partial charge in [0.25, 0.3) is 0 Å². The Bertz CT molecular complexity index is 1020. The Hall–Kier alpha value is -1.11. The van der Waals surface area contributed by atoms with Crippen LogP contribution in [-0.2, 0) is 14.4 Å². The molecule has 0 aliphatic heterocycles. The van der Waals surface area contributed by atoms with E-state index in [9.17, 15) is 14.4 Å². The third-order valence-corrected chi connectivity index (χ3v) is 8.29. The lowest BCUT2D eigenvalue weighted by Gasteiger charge is -2.45. The molecule has 6 nitrogen and oxygen atoms in total. The average molecular weight is 708 g/mol. The molecule has 1 aliphatic rings. The lowest BCUT2D eigenvalue weighted by atomic mass is 9.69. The second-order valence-electron chi connectivity index (χ2n) is 23.1. The maximum atomic E-state index is 12.8. The van der Waals surface area contributed by atoms with Crippen LogP contribution in [0, 0.1) is 27.6 Å². The van der Waals surface area contributed by atoms with Crippen LogP contribution in [0.4, 0.5) is 0 Å². The van der Waals surface area contributed by atoms with E-state index in [4.69, 9.17) is 0 Å². The van der Waals surface area contributed by atoms with Crippen molar-refractivity contribution in [2.24, 2.45) is 27.6 Å². The van der Waals surface area contributed by atoms with E-state index in [1.54, 1.807) is 0 Å². The zero-order valence-corrected chi connectivity index (χ0v) is 37.9. The van der Waals surface area contributed by atoms with Crippen LogP contribution in [0.25, 0.3) is 0 Å². The Morgan fingerprint density at radius 1 is 0.520 bits per heavy atom. The number of nitrogens with one attached hydrogen (secondary N) is 3. The Kier molecular flexibility index (Phi) is 19.1. The molecule has 0 bridgehead atoms. The summed E-state index contributed by atoms with van der Waals surface area (Å²) in [6.45, 7) is 48.0. The maximum Gasteiger partial charge on any atom is 0.158 e. The molecular weight excluding hydrogens is 619 g/mol. The van der Waals surface area contributed by atoms with Gasteiger partial charge in [-0.15, -0.1) is 0 Å². The van der Waals surface area contributed by atoms with Gasteiger partial charge >= 0.3 is 0 Å². The zero-order valence-electron chi connectivity index (χ0n) is 37.9. The fraction of sp³-hybridized carbons (Fsp3) is 0.932. The first-order valence-electron chi connectivity index (χ1n) is 19.7. The minimum absolute atomic E-state index is 0.00174. The first-order valence-corrected chi connectivity index (χ1v) is 19.7. The molecule has 0 saturated heterocycles. The summed E-state index contributed by atoms with van der Waals surface area (Å²) in [6.07, 6.45) is 7.40.